The molecular formula is C11H16N2O4S2. The third-order valence-electron chi connectivity index (χ3n) is 3.23. The van der Waals surface area contributed by atoms with E-state index in [1.807, 2.05) is 0 Å². The summed E-state index contributed by atoms with van der Waals surface area (Å²) < 4.78 is 48.9. The first-order valence-electron chi connectivity index (χ1n) is 5.91. The molecule has 0 amide bonds. The summed E-state index contributed by atoms with van der Waals surface area (Å²) in [5.74, 6) is 0.385. The van der Waals surface area contributed by atoms with Crippen LogP contribution in [0.2, 0.25) is 0 Å². The lowest BCUT2D eigenvalue weighted by Gasteiger charge is -2.25. The average Bonchev–Trinajstić information content (AvgIpc) is 2.26. The van der Waals surface area contributed by atoms with Gasteiger partial charge in [0.05, 0.1) is 9.79 Å². The molecule has 0 spiro atoms. The molecule has 0 saturated heterocycles. The van der Waals surface area contributed by atoms with Crippen molar-refractivity contribution in [3.63, 3.8) is 0 Å². The first-order chi connectivity index (χ1) is 8.79. The summed E-state index contributed by atoms with van der Waals surface area (Å²) in [5, 5.41) is 4.98. The zero-order valence-corrected chi connectivity index (χ0v) is 11.9. The summed E-state index contributed by atoms with van der Waals surface area (Å²) in [6.07, 6.45) is 3.19. The summed E-state index contributed by atoms with van der Waals surface area (Å²) in [6.45, 7) is 0.391. The van der Waals surface area contributed by atoms with E-state index >= 15 is 0 Å². The molecule has 8 heteroatoms. The van der Waals surface area contributed by atoms with Gasteiger partial charge in [0.25, 0.3) is 0 Å². The van der Waals surface area contributed by atoms with Crippen LogP contribution in [0.25, 0.3) is 0 Å². The van der Waals surface area contributed by atoms with Crippen LogP contribution in [0.3, 0.4) is 0 Å². The molecule has 0 radical (unpaired) electrons. The lowest BCUT2D eigenvalue weighted by molar-refractivity contribution is 0.316. The quantitative estimate of drug-likeness (QED) is 0.821. The third kappa shape index (κ3) is 3.53. The molecule has 0 aliphatic heterocycles. The van der Waals surface area contributed by atoms with Crippen molar-refractivity contribution in [1.29, 1.82) is 0 Å². The molecule has 6 nitrogen and oxygen atoms in total. The molecule has 3 N–H and O–H groups in total. The highest BCUT2D eigenvalue weighted by molar-refractivity contribution is 7.90. The number of primary sulfonamides is 1. The van der Waals surface area contributed by atoms with E-state index in [9.17, 15) is 16.8 Å². The second-order valence-corrected chi connectivity index (χ2v) is 8.00. The molecule has 0 unspecified atom stereocenters. The molecule has 0 aromatic heterocycles. The topological polar surface area (TPSA) is 106 Å². The van der Waals surface area contributed by atoms with Crippen molar-refractivity contribution >= 4 is 20.0 Å². The van der Waals surface area contributed by atoms with Crippen LogP contribution in [-0.2, 0) is 20.0 Å². The van der Waals surface area contributed by atoms with Gasteiger partial charge in [0.15, 0.2) is 0 Å². The standard InChI is InChI=1S/C11H16N2O4S2/c12-18(14,15)10-5-2-6-11(7-10)19(16,17)13-8-9-3-1-4-9/h2,5-7,9,13H,1,3-4,8H2,(H2,12,14,15). The van der Waals surface area contributed by atoms with Crippen LogP contribution in [0.4, 0.5) is 0 Å². The van der Waals surface area contributed by atoms with Gasteiger partial charge in [-0.15, -0.1) is 0 Å². The van der Waals surface area contributed by atoms with Crippen LogP contribution in [0.15, 0.2) is 34.1 Å². The number of nitrogens with two attached hydrogens (primary N) is 1. The van der Waals surface area contributed by atoms with E-state index in [0.29, 0.717) is 12.5 Å². The molecule has 1 saturated carbocycles. The first kappa shape index (κ1) is 14.4. The van der Waals surface area contributed by atoms with Gasteiger partial charge in [0.2, 0.25) is 20.0 Å². The van der Waals surface area contributed by atoms with Crippen LogP contribution in [0.1, 0.15) is 19.3 Å². The van der Waals surface area contributed by atoms with Crippen molar-refractivity contribution in [2.24, 2.45) is 11.1 Å². The predicted octanol–water partition coefficient (Wildman–Crippen LogP) is 0.412. The molecule has 1 fully saturated rings. The number of hydrogen-bond donors (Lipinski definition) is 2. The molecule has 0 bridgehead atoms. The van der Waals surface area contributed by atoms with Gasteiger partial charge < -0.3 is 0 Å². The minimum Gasteiger partial charge on any atom is -0.225 e. The number of rotatable bonds is 5. The highest BCUT2D eigenvalue weighted by Gasteiger charge is 2.22. The van der Waals surface area contributed by atoms with Crippen molar-refractivity contribution in [3.05, 3.63) is 24.3 Å². The fourth-order valence-corrected chi connectivity index (χ4v) is 3.62. The fourth-order valence-electron chi connectivity index (χ4n) is 1.83. The molecule has 0 heterocycles. The minimum absolute atomic E-state index is 0.0849. The Morgan fingerprint density at radius 3 is 2.32 bits per heavy atom. The van der Waals surface area contributed by atoms with E-state index in [0.717, 1.165) is 25.3 Å². The van der Waals surface area contributed by atoms with E-state index in [4.69, 9.17) is 5.14 Å². The molecule has 106 valence electrons. The summed E-state index contributed by atoms with van der Waals surface area (Å²) >= 11 is 0. The molecule has 1 aliphatic rings. The number of benzene rings is 1. The first-order valence-corrected chi connectivity index (χ1v) is 8.94. The van der Waals surface area contributed by atoms with E-state index < -0.39 is 20.0 Å². The van der Waals surface area contributed by atoms with Crippen molar-refractivity contribution in [1.82, 2.24) is 4.72 Å². The smallest absolute Gasteiger partial charge is 0.225 e. The van der Waals surface area contributed by atoms with E-state index in [-0.39, 0.29) is 9.79 Å². The summed E-state index contributed by atoms with van der Waals surface area (Å²) in [5.41, 5.74) is 0. The summed E-state index contributed by atoms with van der Waals surface area (Å²) in [7, 11) is -7.59. The molecule has 2 rings (SSSR count). The van der Waals surface area contributed by atoms with Gasteiger partial charge in [-0.3, -0.25) is 0 Å². The largest absolute Gasteiger partial charge is 0.240 e. The Kier molecular flexibility index (Phi) is 3.95. The maximum atomic E-state index is 12.0. The monoisotopic (exact) mass is 304 g/mol. The maximum absolute atomic E-state index is 12.0. The summed E-state index contributed by atoms with van der Waals surface area (Å²) in [4.78, 5) is -0.294. The van der Waals surface area contributed by atoms with E-state index in [1.54, 1.807) is 0 Å². The fraction of sp³-hybridized carbons (Fsp3) is 0.455. The highest BCUT2D eigenvalue weighted by atomic mass is 32.2. The number of nitrogens with one attached hydrogen (secondary N) is 1. The van der Waals surface area contributed by atoms with Gasteiger partial charge in [-0.05, 0) is 37.0 Å². The Labute approximate surface area is 113 Å². The lowest BCUT2D eigenvalue weighted by Crippen LogP contribution is -2.32. The molecule has 1 aliphatic carbocycles. The molecule has 19 heavy (non-hydrogen) atoms. The van der Waals surface area contributed by atoms with Gasteiger partial charge >= 0.3 is 0 Å². The van der Waals surface area contributed by atoms with Gasteiger partial charge in [-0.1, -0.05) is 12.5 Å². The SMILES string of the molecule is NS(=O)(=O)c1cccc(S(=O)(=O)NCC2CCC2)c1. The molecule has 1 aromatic rings. The second-order valence-electron chi connectivity index (χ2n) is 4.67. The molecule has 1 aromatic carbocycles. The summed E-state index contributed by atoms with van der Waals surface area (Å²) in [6, 6.07) is 5.04. The predicted molar refractivity (Wildman–Crippen MR) is 70.3 cm³/mol. The normalized spacial score (nSPS) is 17.1. The third-order valence-corrected chi connectivity index (χ3v) is 5.56. The van der Waals surface area contributed by atoms with Crippen LogP contribution >= 0.6 is 0 Å². The van der Waals surface area contributed by atoms with Crippen molar-refractivity contribution in [2.75, 3.05) is 6.54 Å². The van der Waals surface area contributed by atoms with Crippen LogP contribution in [0, 0.1) is 5.92 Å². The van der Waals surface area contributed by atoms with Gasteiger partial charge in [0, 0.05) is 6.54 Å². The Balaban J connectivity index is 2.19. The van der Waals surface area contributed by atoms with Gasteiger partial charge in [-0.2, -0.15) is 0 Å². The zero-order chi connectivity index (χ0) is 14.1. The highest BCUT2D eigenvalue weighted by Crippen LogP contribution is 2.25. The van der Waals surface area contributed by atoms with Crippen LogP contribution in [-0.4, -0.2) is 23.4 Å². The van der Waals surface area contributed by atoms with Gasteiger partial charge in [-0.25, -0.2) is 26.7 Å². The Morgan fingerprint density at radius 1 is 1.16 bits per heavy atom. The van der Waals surface area contributed by atoms with E-state index in [1.165, 1.54) is 18.2 Å². The van der Waals surface area contributed by atoms with Crippen LogP contribution < -0.4 is 9.86 Å². The second kappa shape index (κ2) is 5.20. The lowest BCUT2D eigenvalue weighted by atomic mass is 9.86. The maximum Gasteiger partial charge on any atom is 0.240 e. The molecular weight excluding hydrogens is 288 g/mol. The molecule has 0 atom stereocenters. The average molecular weight is 304 g/mol. The number of sulfonamides is 2. The van der Waals surface area contributed by atoms with Crippen molar-refractivity contribution in [3.8, 4) is 0 Å². The van der Waals surface area contributed by atoms with Crippen molar-refractivity contribution in [2.45, 2.75) is 29.1 Å². The zero-order valence-electron chi connectivity index (χ0n) is 10.2. The Morgan fingerprint density at radius 2 is 1.79 bits per heavy atom. The number of hydrogen-bond acceptors (Lipinski definition) is 4. The Hall–Kier alpha value is -0.960. The van der Waals surface area contributed by atoms with Crippen LogP contribution in [0.5, 0.6) is 0 Å². The Bertz CT molecular complexity index is 664. The van der Waals surface area contributed by atoms with Gasteiger partial charge in [0.1, 0.15) is 0 Å². The minimum atomic E-state index is -3.90. The van der Waals surface area contributed by atoms with Crippen molar-refractivity contribution < 1.29 is 16.8 Å². The van der Waals surface area contributed by atoms with E-state index in [2.05, 4.69) is 4.72 Å².